The molecule has 0 saturated carbocycles. The van der Waals surface area contributed by atoms with Crippen LogP contribution in [0, 0.1) is 40.1 Å². The van der Waals surface area contributed by atoms with Gasteiger partial charge in [0.05, 0.1) is 70.7 Å². The van der Waals surface area contributed by atoms with Crippen molar-refractivity contribution >= 4 is 0 Å². The Morgan fingerprint density at radius 2 is 0.447 bits per heavy atom. The molecule has 2 fully saturated rings. The average molecular weight is 1380 g/mol. The van der Waals surface area contributed by atoms with Gasteiger partial charge in [0, 0.05) is 47.2 Å². The molecule has 0 bridgehead atoms. The molecular formula is C60H65Fe2N24Na2O6+. The first-order chi connectivity index (χ1) is 42.4. The molecule has 0 amide bonds. The number of hydrogen-bond acceptors (Lipinski definition) is 17. The number of rotatable bonds is 8. The van der Waals surface area contributed by atoms with E-state index in [2.05, 4.69) is 99.7 Å². The number of nitriles is 3. The summed E-state index contributed by atoms with van der Waals surface area (Å²) in [5.74, 6) is 4.95. The molecule has 12 aromatic heterocycles. The fraction of sp³-hybridized carbons (Fsp3) is 0.200. The largest absolute Gasteiger partial charge is 3.00 e. The molecule has 478 valence electrons. The molecule has 30 nitrogen and oxygen atoms in total. The van der Waals surface area contributed by atoms with Crippen molar-refractivity contribution in [2.75, 3.05) is 26.4 Å². The molecule has 0 aliphatic carbocycles. The molecule has 2 aliphatic rings. The van der Waals surface area contributed by atoms with E-state index in [-0.39, 0.29) is 115 Å². The van der Waals surface area contributed by atoms with E-state index in [0.29, 0.717) is 46.6 Å². The molecule has 94 heavy (non-hydrogen) atoms. The van der Waals surface area contributed by atoms with Gasteiger partial charge in [-0.15, -0.1) is 5.26 Å². The van der Waals surface area contributed by atoms with Crippen molar-refractivity contribution < 1.29 is 130 Å². The summed E-state index contributed by atoms with van der Waals surface area (Å²) in [5, 5.41) is 27.9. The number of aromatic nitrogens is 20. The normalized spacial score (nSPS) is 10.0. The van der Waals surface area contributed by atoms with Crippen LogP contribution in [0.25, 0.3) is 92.1 Å². The van der Waals surface area contributed by atoms with Gasteiger partial charge >= 0.3 is 93.3 Å². The Kier molecular flexibility index (Phi) is 55.2. The van der Waals surface area contributed by atoms with E-state index in [9.17, 15) is 0 Å². The summed E-state index contributed by atoms with van der Waals surface area (Å²) >= 11 is 0. The van der Waals surface area contributed by atoms with Gasteiger partial charge in [-0.05, 0) is 121 Å². The van der Waals surface area contributed by atoms with Crippen LogP contribution >= 0.6 is 0 Å². The maximum absolute atomic E-state index is 7.32. The first-order valence-corrected chi connectivity index (χ1v) is 26.2. The molecule has 2 radical (unpaired) electrons. The van der Waals surface area contributed by atoms with E-state index >= 15 is 0 Å². The van der Waals surface area contributed by atoms with Gasteiger partial charge in [0.1, 0.15) is 0 Å². The van der Waals surface area contributed by atoms with Crippen molar-refractivity contribution in [2.24, 2.45) is 0 Å². The summed E-state index contributed by atoms with van der Waals surface area (Å²) in [6.45, 7) is 9.83. The Morgan fingerprint density at radius 1 is 0.319 bits per heavy atom. The fourth-order valence-electron chi connectivity index (χ4n) is 6.74. The zero-order chi connectivity index (χ0) is 61.1. The maximum atomic E-state index is 7.32. The summed E-state index contributed by atoms with van der Waals surface area (Å²) in [4.78, 5) is 83.1. The third kappa shape index (κ3) is 33.6. The van der Waals surface area contributed by atoms with Crippen molar-refractivity contribution in [2.45, 2.75) is 53.4 Å². The van der Waals surface area contributed by atoms with E-state index in [1.54, 1.807) is 124 Å². The Hall–Kier alpha value is -8.96. The van der Waals surface area contributed by atoms with E-state index in [1.165, 1.54) is 46.5 Å². The number of nitrogens with zero attached hydrogens (tertiary/aromatic N) is 23. The molecule has 9 N–H and O–H groups in total. The van der Waals surface area contributed by atoms with Gasteiger partial charge in [-0.3, -0.25) is 0 Å². The molecular weight excluding hydrogens is 1310 g/mol. The Morgan fingerprint density at radius 3 is 0.532 bits per heavy atom. The minimum Gasteiger partial charge on any atom is -0.441 e. The predicted octanol–water partition coefficient (Wildman–Crippen LogP) is -2.85. The van der Waals surface area contributed by atoms with Crippen LogP contribution in [0.15, 0.2) is 172 Å². The number of pyridine rings is 4. The summed E-state index contributed by atoms with van der Waals surface area (Å²) in [6.07, 6.45) is 31.4. The zero-order valence-corrected chi connectivity index (χ0v) is 58.3. The van der Waals surface area contributed by atoms with Crippen molar-refractivity contribution in [1.82, 2.24) is 99.7 Å². The molecule has 14 rings (SSSR count). The second-order valence-corrected chi connectivity index (χ2v) is 16.2. The van der Waals surface area contributed by atoms with Gasteiger partial charge in [0.25, 0.3) is 6.07 Å². The molecule has 2 saturated heterocycles. The standard InChI is InChI=1S/4C11H7N5.2C4H8O.4C2H3N.2Fe.2Na.4H2O/c4*1-2-8(10-12-4-5-13-10)16-9(3-1)11-14-6-7-15-11;2*1-2-4-5-3-1;4*1-2-3;;;;;;;;/h4*1-7H;2*1-4H2;4*1H3;;;;;4*1H2/q4*-2;;;;;;;2*+3;2*+1;;;;/p+1. The van der Waals surface area contributed by atoms with Crippen LogP contribution in [0.5, 0.6) is 0 Å². The van der Waals surface area contributed by atoms with Crippen molar-refractivity contribution in [3.8, 4) is 116 Å². The van der Waals surface area contributed by atoms with Crippen LogP contribution < -0.4 is 104 Å². The van der Waals surface area contributed by atoms with Crippen molar-refractivity contribution in [1.29, 1.82) is 15.8 Å². The molecule has 12 aromatic rings. The van der Waals surface area contributed by atoms with Crippen LogP contribution in [0.1, 0.15) is 53.4 Å². The summed E-state index contributed by atoms with van der Waals surface area (Å²) in [5.41, 5.74) is 5.83. The molecule has 0 atom stereocenters. The monoisotopic (exact) mass is 1380 g/mol. The van der Waals surface area contributed by atoms with Gasteiger partial charge in [0.2, 0.25) is 0 Å². The van der Waals surface area contributed by atoms with Crippen molar-refractivity contribution in [3.05, 3.63) is 172 Å². The van der Waals surface area contributed by atoms with E-state index in [1.807, 2.05) is 78.9 Å². The van der Waals surface area contributed by atoms with E-state index in [0.717, 1.165) is 72.0 Å². The average Bonchev–Trinajstić information content (AvgIpc) is 1.75. The quantitative estimate of drug-likeness (QED) is 0.150. The smallest absolute Gasteiger partial charge is 0.441 e. The zero-order valence-electron chi connectivity index (χ0n) is 52.1. The van der Waals surface area contributed by atoms with Gasteiger partial charge in [-0.1, -0.05) is 123 Å². The maximum Gasteiger partial charge on any atom is 3.00 e. The minimum absolute atomic E-state index is 0. The number of imidazole rings is 8. The number of nitrogens with one attached hydrogen (secondary N) is 1. The van der Waals surface area contributed by atoms with E-state index in [4.69, 9.17) is 30.5 Å². The summed E-state index contributed by atoms with van der Waals surface area (Å²) in [7, 11) is 0. The Labute approximate surface area is 608 Å². The van der Waals surface area contributed by atoms with Crippen molar-refractivity contribution in [3.63, 3.8) is 0 Å². The van der Waals surface area contributed by atoms with E-state index < -0.39 is 0 Å². The second-order valence-electron chi connectivity index (χ2n) is 16.2. The SMILES string of the molecule is C1CCOC1.C1CCOC1.CC#N.CC#N.CC#N.CC#[NH+].O.O.O.O.[Fe+3].[Fe+3].[Na+].[Na+].c1cc(-c2ncc[n-]2)nc(-c2ncc[n-]2)c1.c1cc(-c2ncc[n-]2)nc(-c2ncc[n-]2)c1.c1cc(-c2ncc[n-]2)nc(-c2ncc[n-]2)c1.c1cc(-c2ncc[n-]2)nc(-c2ncc[n-]2)c1. The Balaban J connectivity index is -0.000000506. The van der Waals surface area contributed by atoms with Crippen LogP contribution in [0.3, 0.4) is 0 Å². The van der Waals surface area contributed by atoms with Crippen LogP contribution in [0.2, 0.25) is 0 Å². The summed E-state index contributed by atoms with van der Waals surface area (Å²) < 4.78 is 9.89. The first-order valence-electron chi connectivity index (χ1n) is 26.2. The predicted molar refractivity (Wildman–Crippen MR) is 328 cm³/mol. The molecule has 0 spiro atoms. The number of hydrogen-bond donors (Lipinski definition) is 1. The summed E-state index contributed by atoms with van der Waals surface area (Å²) in [6, 6.07) is 29.7. The third-order valence-corrected chi connectivity index (χ3v) is 10.2. The van der Waals surface area contributed by atoms with Gasteiger partial charge in [-0.2, -0.15) is 15.8 Å². The first kappa shape index (κ1) is 91.5. The number of ether oxygens (including phenoxy) is 2. The Bertz CT molecular complexity index is 3100. The molecule has 2 aliphatic heterocycles. The van der Waals surface area contributed by atoms with Gasteiger partial charge < -0.3 is 111 Å². The molecule has 0 aromatic carbocycles. The molecule has 14 heterocycles. The second kappa shape index (κ2) is 56.8. The minimum atomic E-state index is 0. The van der Waals surface area contributed by atoms with Gasteiger partial charge in [-0.25, -0.2) is 19.9 Å². The van der Waals surface area contributed by atoms with Crippen LogP contribution in [-0.2, 0) is 43.6 Å². The molecule has 0 unspecified atom stereocenters. The molecule has 34 heteroatoms. The topological polar surface area (TPSA) is 507 Å². The fourth-order valence-corrected chi connectivity index (χ4v) is 6.74. The van der Waals surface area contributed by atoms with Gasteiger partial charge in [0.15, 0.2) is 0 Å². The van der Waals surface area contributed by atoms with Crippen LogP contribution in [0.4, 0.5) is 0 Å². The third-order valence-electron chi connectivity index (χ3n) is 10.2. The van der Waals surface area contributed by atoms with Crippen LogP contribution in [-0.4, -0.2) is 108 Å².